The van der Waals surface area contributed by atoms with Crippen molar-refractivity contribution >= 4 is 11.4 Å². The van der Waals surface area contributed by atoms with E-state index < -0.39 is 0 Å². The summed E-state index contributed by atoms with van der Waals surface area (Å²) in [5.74, 6) is -0.142. The zero-order valence-electron chi connectivity index (χ0n) is 12.6. The predicted molar refractivity (Wildman–Crippen MR) is 85.7 cm³/mol. The molecule has 2 nitrogen and oxygen atoms in total. The van der Waals surface area contributed by atoms with Gasteiger partial charge >= 0.3 is 0 Å². The van der Waals surface area contributed by atoms with Gasteiger partial charge in [0.25, 0.3) is 0 Å². The molecule has 21 heavy (non-hydrogen) atoms. The van der Waals surface area contributed by atoms with Gasteiger partial charge in [0, 0.05) is 18.8 Å². The fourth-order valence-electron chi connectivity index (χ4n) is 3.06. The van der Waals surface area contributed by atoms with E-state index in [4.69, 9.17) is 0 Å². The largest absolute Gasteiger partial charge is 0.339 e. The Hall–Kier alpha value is -1.87. The number of anilines is 2. The molecule has 110 valence electrons. The van der Waals surface area contributed by atoms with Gasteiger partial charge in [-0.15, -0.1) is 0 Å². The third kappa shape index (κ3) is 2.79. The van der Waals surface area contributed by atoms with Crippen LogP contribution in [0.4, 0.5) is 15.8 Å². The van der Waals surface area contributed by atoms with Crippen LogP contribution in [0.15, 0.2) is 36.4 Å². The van der Waals surface area contributed by atoms with Crippen LogP contribution >= 0.6 is 0 Å². The molecule has 3 rings (SSSR count). The van der Waals surface area contributed by atoms with Crippen LogP contribution in [0, 0.1) is 12.7 Å². The highest BCUT2D eigenvalue weighted by atomic mass is 19.1. The number of nitrogens with one attached hydrogen (secondary N) is 1. The van der Waals surface area contributed by atoms with E-state index in [1.54, 1.807) is 6.07 Å². The zero-order chi connectivity index (χ0) is 14.8. The zero-order valence-corrected chi connectivity index (χ0v) is 12.6. The minimum Gasteiger partial charge on any atom is -0.339 e. The monoisotopic (exact) mass is 284 g/mol. The van der Waals surface area contributed by atoms with Gasteiger partial charge in [0.2, 0.25) is 0 Å². The maximum Gasteiger partial charge on any atom is 0.147 e. The van der Waals surface area contributed by atoms with E-state index in [0.717, 1.165) is 30.6 Å². The Kier molecular flexibility index (Phi) is 3.93. The highest BCUT2D eigenvalue weighted by Gasteiger charge is 2.20. The molecule has 0 atom stereocenters. The van der Waals surface area contributed by atoms with E-state index in [1.807, 2.05) is 19.2 Å². The van der Waals surface area contributed by atoms with Crippen LogP contribution < -0.4 is 10.2 Å². The van der Waals surface area contributed by atoms with E-state index >= 15 is 0 Å². The summed E-state index contributed by atoms with van der Waals surface area (Å²) in [4.78, 5) is 2.11. The van der Waals surface area contributed by atoms with Crippen LogP contribution in [-0.2, 0) is 13.0 Å². The molecule has 0 saturated heterocycles. The topological polar surface area (TPSA) is 15.3 Å². The van der Waals surface area contributed by atoms with Gasteiger partial charge < -0.3 is 10.2 Å². The molecule has 1 aliphatic heterocycles. The molecule has 0 aromatic heterocycles. The summed E-state index contributed by atoms with van der Waals surface area (Å²) in [7, 11) is 1.87. The Bertz CT molecular complexity index is 652. The Labute approximate surface area is 125 Å². The summed E-state index contributed by atoms with van der Waals surface area (Å²) < 4.78 is 14.5. The molecule has 2 aromatic rings. The van der Waals surface area contributed by atoms with Crippen LogP contribution in [-0.4, -0.2) is 13.6 Å². The number of benzene rings is 2. The highest BCUT2D eigenvalue weighted by Crippen LogP contribution is 2.35. The molecule has 2 aromatic carbocycles. The van der Waals surface area contributed by atoms with Crippen molar-refractivity contribution in [2.24, 2.45) is 0 Å². The lowest BCUT2D eigenvalue weighted by atomic mass is 9.99. The molecule has 1 aliphatic rings. The molecule has 0 saturated carbocycles. The summed E-state index contributed by atoms with van der Waals surface area (Å²) in [6.07, 6.45) is 2.14. The summed E-state index contributed by atoms with van der Waals surface area (Å²) >= 11 is 0. The first-order valence-electron chi connectivity index (χ1n) is 7.49. The van der Waals surface area contributed by atoms with Crippen molar-refractivity contribution in [2.45, 2.75) is 26.3 Å². The van der Waals surface area contributed by atoms with Gasteiger partial charge in [-0.3, -0.25) is 0 Å². The Morgan fingerprint density at radius 1 is 1.14 bits per heavy atom. The fourth-order valence-corrected chi connectivity index (χ4v) is 3.06. The average molecular weight is 284 g/mol. The summed E-state index contributed by atoms with van der Waals surface area (Å²) in [5, 5.41) is 3.05. The SMILES string of the molecule is CNCc1ccc(N2CCCc3cc(C)ccc32)c(F)c1. The van der Waals surface area contributed by atoms with Crippen LogP contribution in [0.5, 0.6) is 0 Å². The van der Waals surface area contributed by atoms with Crippen LogP contribution in [0.1, 0.15) is 23.1 Å². The van der Waals surface area contributed by atoms with E-state index in [9.17, 15) is 4.39 Å². The van der Waals surface area contributed by atoms with Gasteiger partial charge in [0.05, 0.1) is 5.69 Å². The van der Waals surface area contributed by atoms with Crippen molar-refractivity contribution in [2.75, 3.05) is 18.5 Å². The molecule has 3 heteroatoms. The summed E-state index contributed by atoms with van der Waals surface area (Å²) in [5.41, 5.74) is 5.38. The number of aryl methyl sites for hydroxylation is 2. The van der Waals surface area contributed by atoms with Crippen LogP contribution in [0.2, 0.25) is 0 Å². The van der Waals surface area contributed by atoms with E-state index in [1.165, 1.54) is 11.1 Å². The molecule has 0 aliphatic carbocycles. The van der Waals surface area contributed by atoms with Crippen LogP contribution in [0.25, 0.3) is 0 Å². The standard InChI is InChI=1S/C18H21FN2/c1-13-5-7-17-15(10-13)4-3-9-21(17)18-8-6-14(12-20-2)11-16(18)19/h5-8,10-11,20H,3-4,9,12H2,1-2H3. The molecule has 0 spiro atoms. The van der Waals surface area contributed by atoms with Gasteiger partial charge in [-0.2, -0.15) is 0 Å². The van der Waals surface area contributed by atoms with Crippen molar-refractivity contribution in [3.05, 3.63) is 58.9 Å². The first-order valence-corrected chi connectivity index (χ1v) is 7.49. The number of fused-ring (bicyclic) bond motifs is 1. The highest BCUT2D eigenvalue weighted by molar-refractivity contribution is 5.68. The van der Waals surface area contributed by atoms with E-state index in [2.05, 4.69) is 35.3 Å². The van der Waals surface area contributed by atoms with Crippen molar-refractivity contribution in [3.63, 3.8) is 0 Å². The second kappa shape index (κ2) is 5.86. The fraction of sp³-hybridized carbons (Fsp3) is 0.333. The minimum absolute atomic E-state index is 0.142. The summed E-state index contributed by atoms with van der Waals surface area (Å²) in [6, 6.07) is 12.0. The molecule has 0 unspecified atom stereocenters. The Morgan fingerprint density at radius 2 is 1.95 bits per heavy atom. The van der Waals surface area contributed by atoms with Crippen molar-refractivity contribution in [1.82, 2.24) is 5.32 Å². The maximum atomic E-state index is 14.5. The minimum atomic E-state index is -0.142. The lowest BCUT2D eigenvalue weighted by Crippen LogP contribution is -2.25. The predicted octanol–water partition coefficient (Wildman–Crippen LogP) is 3.94. The molecule has 1 N–H and O–H groups in total. The molecule has 0 fully saturated rings. The first kappa shape index (κ1) is 14.1. The Morgan fingerprint density at radius 3 is 2.71 bits per heavy atom. The van der Waals surface area contributed by atoms with Gasteiger partial charge in [0.15, 0.2) is 0 Å². The summed E-state index contributed by atoms with van der Waals surface area (Å²) in [6.45, 7) is 3.66. The number of halogens is 1. The molecule has 0 bridgehead atoms. The number of rotatable bonds is 3. The molecule has 0 amide bonds. The van der Waals surface area contributed by atoms with Gasteiger partial charge in [-0.05, 0) is 56.1 Å². The van der Waals surface area contributed by atoms with Gasteiger partial charge in [-0.1, -0.05) is 23.8 Å². The molecular formula is C18H21FN2. The quantitative estimate of drug-likeness (QED) is 0.918. The number of hydrogen-bond acceptors (Lipinski definition) is 2. The smallest absolute Gasteiger partial charge is 0.147 e. The maximum absolute atomic E-state index is 14.5. The third-order valence-corrected chi connectivity index (χ3v) is 4.04. The van der Waals surface area contributed by atoms with Crippen molar-refractivity contribution < 1.29 is 4.39 Å². The van der Waals surface area contributed by atoms with Crippen molar-refractivity contribution in [1.29, 1.82) is 0 Å². The third-order valence-electron chi connectivity index (χ3n) is 4.04. The van der Waals surface area contributed by atoms with E-state index in [0.29, 0.717) is 12.2 Å². The lowest BCUT2D eigenvalue weighted by molar-refractivity contribution is 0.617. The second-order valence-corrected chi connectivity index (χ2v) is 5.70. The van der Waals surface area contributed by atoms with Crippen LogP contribution in [0.3, 0.4) is 0 Å². The molecule has 0 radical (unpaired) electrons. The number of nitrogens with zero attached hydrogens (tertiary/aromatic N) is 1. The molecule has 1 heterocycles. The lowest BCUT2D eigenvalue weighted by Gasteiger charge is -2.32. The van der Waals surface area contributed by atoms with Crippen molar-refractivity contribution in [3.8, 4) is 0 Å². The first-order chi connectivity index (χ1) is 10.2. The molecular weight excluding hydrogens is 263 g/mol. The van der Waals surface area contributed by atoms with Gasteiger partial charge in [-0.25, -0.2) is 4.39 Å². The second-order valence-electron chi connectivity index (χ2n) is 5.70. The average Bonchev–Trinajstić information content (AvgIpc) is 2.47. The van der Waals surface area contributed by atoms with E-state index in [-0.39, 0.29) is 5.82 Å². The van der Waals surface area contributed by atoms with Gasteiger partial charge in [0.1, 0.15) is 5.82 Å². The normalized spacial score (nSPS) is 14.1. The number of hydrogen-bond donors (Lipinski definition) is 1. The Balaban J connectivity index is 1.99.